The summed E-state index contributed by atoms with van der Waals surface area (Å²) >= 11 is 0. The van der Waals surface area contributed by atoms with Crippen molar-refractivity contribution in [3.8, 4) is 11.1 Å². The molecule has 1 saturated carbocycles. The first-order valence-corrected chi connectivity index (χ1v) is 16.3. The molecule has 0 bridgehead atoms. The number of nitrogens with one attached hydrogen (secondary N) is 2. The number of carbonyl (C=O) groups is 1. The molecule has 0 spiro atoms. The van der Waals surface area contributed by atoms with Crippen LogP contribution in [0, 0.1) is 11.7 Å². The van der Waals surface area contributed by atoms with Gasteiger partial charge in [0.05, 0.1) is 24.2 Å². The van der Waals surface area contributed by atoms with Gasteiger partial charge in [-0.15, -0.1) is 0 Å². The maximum absolute atomic E-state index is 13.2. The molecule has 1 aliphatic heterocycles. The summed E-state index contributed by atoms with van der Waals surface area (Å²) < 4.78 is 47.7. The Morgan fingerprint density at radius 3 is 2.12 bits per heavy atom. The average Bonchev–Trinajstić information content (AvgIpc) is 3.01. The molecule has 0 radical (unpaired) electrons. The Morgan fingerprint density at radius 2 is 1.50 bits per heavy atom. The fourth-order valence-electron chi connectivity index (χ4n) is 5.73. The van der Waals surface area contributed by atoms with E-state index in [1.807, 2.05) is 19.1 Å². The first-order valence-electron chi connectivity index (χ1n) is 14.8. The molecule has 0 unspecified atom stereocenters. The highest BCUT2D eigenvalue weighted by atomic mass is 32.2. The lowest BCUT2D eigenvalue weighted by atomic mass is 9.85. The molecule has 224 valence electrons. The number of halogens is 1. The molecule has 3 aromatic rings. The van der Waals surface area contributed by atoms with Crippen molar-refractivity contribution in [1.82, 2.24) is 14.9 Å². The van der Waals surface area contributed by atoms with Crippen LogP contribution >= 0.6 is 0 Å². The molecule has 2 aliphatic rings. The zero-order chi connectivity index (χ0) is 29.5. The summed E-state index contributed by atoms with van der Waals surface area (Å²) in [4.78, 5) is 15.5. The van der Waals surface area contributed by atoms with Crippen LogP contribution < -0.4 is 10.0 Å². The highest BCUT2D eigenvalue weighted by Gasteiger charge is 2.30. The van der Waals surface area contributed by atoms with E-state index in [-0.39, 0.29) is 34.6 Å². The van der Waals surface area contributed by atoms with Crippen molar-refractivity contribution in [2.24, 2.45) is 5.92 Å². The third-order valence-corrected chi connectivity index (χ3v) is 9.96. The molecule has 2 fully saturated rings. The van der Waals surface area contributed by atoms with E-state index in [0.29, 0.717) is 25.7 Å². The van der Waals surface area contributed by atoms with Gasteiger partial charge in [-0.1, -0.05) is 48.5 Å². The first kappa shape index (κ1) is 30.4. The lowest BCUT2D eigenvalue weighted by Crippen LogP contribution is -2.41. The molecule has 1 amide bonds. The number of sulfonamides is 1. The monoisotopic (exact) mass is 593 g/mol. The lowest BCUT2D eigenvalue weighted by molar-refractivity contribution is -0.126. The number of nitrogens with zero attached hydrogens (tertiary/aromatic N) is 1. The number of carbonyl (C=O) groups excluding carboxylic acids is 1. The predicted molar refractivity (Wildman–Crippen MR) is 162 cm³/mol. The molecule has 9 heteroatoms. The number of amides is 1. The zero-order valence-corrected chi connectivity index (χ0v) is 24.9. The van der Waals surface area contributed by atoms with E-state index < -0.39 is 10.0 Å². The fraction of sp³-hybridized carbons (Fsp3) is 0.424. The van der Waals surface area contributed by atoms with Gasteiger partial charge >= 0.3 is 0 Å². The van der Waals surface area contributed by atoms with Gasteiger partial charge in [0.25, 0.3) is 0 Å². The van der Waals surface area contributed by atoms with Crippen molar-refractivity contribution in [2.45, 2.75) is 56.0 Å². The topological polar surface area (TPSA) is 87.7 Å². The van der Waals surface area contributed by atoms with Crippen molar-refractivity contribution in [3.63, 3.8) is 0 Å². The number of hydrogen-bond donors (Lipinski definition) is 2. The minimum Gasteiger partial charge on any atom is -0.379 e. The zero-order valence-electron chi connectivity index (χ0n) is 24.1. The molecule has 0 aromatic heterocycles. The van der Waals surface area contributed by atoms with Crippen LogP contribution in [-0.2, 0) is 26.0 Å². The fourth-order valence-corrected chi connectivity index (χ4v) is 7.03. The van der Waals surface area contributed by atoms with Gasteiger partial charge in [-0.3, -0.25) is 9.69 Å². The quantitative estimate of drug-likeness (QED) is 0.342. The van der Waals surface area contributed by atoms with E-state index >= 15 is 0 Å². The summed E-state index contributed by atoms with van der Waals surface area (Å²) in [7, 11) is -3.67. The van der Waals surface area contributed by atoms with Crippen LogP contribution in [0.1, 0.15) is 49.8 Å². The van der Waals surface area contributed by atoms with Gasteiger partial charge in [0, 0.05) is 31.6 Å². The molecular weight excluding hydrogens is 553 g/mol. The van der Waals surface area contributed by atoms with Crippen LogP contribution in [0.25, 0.3) is 11.1 Å². The largest absolute Gasteiger partial charge is 0.379 e. The molecule has 1 saturated heterocycles. The number of ether oxygens (including phenoxy) is 1. The second-order valence-electron chi connectivity index (χ2n) is 11.4. The van der Waals surface area contributed by atoms with Crippen molar-refractivity contribution in [2.75, 3.05) is 32.8 Å². The Kier molecular flexibility index (Phi) is 10.1. The number of benzene rings is 3. The number of morpholine rings is 1. The molecule has 5 rings (SSSR count). The maximum Gasteiger partial charge on any atom is 0.240 e. The van der Waals surface area contributed by atoms with Gasteiger partial charge in [0.2, 0.25) is 15.9 Å². The van der Waals surface area contributed by atoms with E-state index in [0.717, 1.165) is 56.0 Å². The lowest BCUT2D eigenvalue weighted by Gasteiger charge is -2.29. The Labute approximate surface area is 248 Å². The minimum absolute atomic E-state index is 0.0474. The Bertz CT molecular complexity index is 1420. The summed E-state index contributed by atoms with van der Waals surface area (Å²) in [6.45, 7) is 6.48. The highest BCUT2D eigenvalue weighted by Crippen LogP contribution is 2.28. The molecule has 7 nitrogen and oxygen atoms in total. The van der Waals surface area contributed by atoms with Crippen molar-refractivity contribution in [1.29, 1.82) is 0 Å². The number of hydrogen-bond acceptors (Lipinski definition) is 5. The molecule has 2 N–H and O–H groups in total. The van der Waals surface area contributed by atoms with Crippen LogP contribution in [0.5, 0.6) is 0 Å². The van der Waals surface area contributed by atoms with Gasteiger partial charge in [-0.25, -0.2) is 17.5 Å². The molecule has 1 aliphatic carbocycles. The standard InChI is InChI=1S/C33H40FN3O4S/c1-24(26-6-12-30(34)13-7-26)35-33(38)29-8-14-31(15-9-29)36-42(39,40)32-16-10-28(11-17-32)27-4-2-25(3-5-27)18-19-37-20-22-41-23-21-37/h2-7,10-13,16-17,24,29,31,36H,8-9,14-15,18-23H2,1H3,(H,35,38)/t24-,29?,31?/m1/s1. The smallest absolute Gasteiger partial charge is 0.240 e. The SMILES string of the molecule is C[C@@H](NC(=O)C1CCC(NS(=O)(=O)c2ccc(-c3ccc(CCN4CCOCC4)cc3)cc2)CC1)c1ccc(F)cc1. The van der Waals surface area contributed by atoms with Crippen molar-refractivity contribution >= 4 is 15.9 Å². The second-order valence-corrected chi connectivity index (χ2v) is 13.1. The molecular formula is C33H40FN3O4S. The van der Waals surface area contributed by atoms with E-state index in [2.05, 4.69) is 39.2 Å². The maximum atomic E-state index is 13.2. The summed E-state index contributed by atoms with van der Waals surface area (Å²) in [5, 5.41) is 3.01. The average molecular weight is 594 g/mol. The van der Waals surface area contributed by atoms with Crippen LogP contribution in [0.4, 0.5) is 4.39 Å². The Hall–Kier alpha value is -3.11. The van der Waals surface area contributed by atoms with Crippen molar-refractivity contribution in [3.05, 3.63) is 89.7 Å². The second kappa shape index (κ2) is 13.9. The molecule has 3 aromatic carbocycles. The summed E-state index contributed by atoms with van der Waals surface area (Å²) in [5.74, 6) is -0.526. The summed E-state index contributed by atoms with van der Waals surface area (Å²) in [6.07, 6.45) is 3.40. The normalized spacial score (nSPS) is 20.6. The molecule has 1 atom stereocenters. The van der Waals surface area contributed by atoms with Gasteiger partial charge in [0.1, 0.15) is 5.82 Å². The van der Waals surface area contributed by atoms with Crippen LogP contribution in [-0.4, -0.2) is 58.1 Å². The Balaban J connectivity index is 1.09. The number of rotatable bonds is 10. The highest BCUT2D eigenvalue weighted by molar-refractivity contribution is 7.89. The molecule has 42 heavy (non-hydrogen) atoms. The van der Waals surface area contributed by atoms with E-state index in [1.165, 1.54) is 17.7 Å². The van der Waals surface area contributed by atoms with E-state index in [1.54, 1.807) is 24.3 Å². The summed E-state index contributed by atoms with van der Waals surface area (Å²) in [6, 6.07) is 21.1. The van der Waals surface area contributed by atoms with Gasteiger partial charge < -0.3 is 10.1 Å². The van der Waals surface area contributed by atoms with E-state index in [4.69, 9.17) is 4.74 Å². The van der Waals surface area contributed by atoms with Crippen LogP contribution in [0.3, 0.4) is 0 Å². The van der Waals surface area contributed by atoms with Crippen molar-refractivity contribution < 1.29 is 22.3 Å². The Morgan fingerprint density at radius 1 is 0.905 bits per heavy atom. The van der Waals surface area contributed by atoms with Crippen LogP contribution in [0.2, 0.25) is 0 Å². The van der Waals surface area contributed by atoms with Gasteiger partial charge in [-0.2, -0.15) is 0 Å². The third-order valence-electron chi connectivity index (χ3n) is 8.42. The minimum atomic E-state index is -3.67. The predicted octanol–water partition coefficient (Wildman–Crippen LogP) is 5.08. The molecule has 1 heterocycles. The summed E-state index contributed by atoms with van der Waals surface area (Å²) in [5.41, 5.74) is 4.14. The van der Waals surface area contributed by atoms with Gasteiger partial charge in [-0.05, 0) is 85.5 Å². The van der Waals surface area contributed by atoms with E-state index in [9.17, 15) is 17.6 Å². The first-order chi connectivity index (χ1) is 20.3. The van der Waals surface area contributed by atoms with Crippen LogP contribution in [0.15, 0.2) is 77.7 Å². The third kappa shape index (κ3) is 8.04. The van der Waals surface area contributed by atoms with Gasteiger partial charge in [0.15, 0.2) is 0 Å².